The molecule has 3 aromatic rings. The normalized spacial score (nSPS) is 13.1. The number of nitrogens with one attached hydrogen (secondary N) is 1. The third-order valence-electron chi connectivity index (χ3n) is 6.55. The quantitative estimate of drug-likeness (QED) is 0.155. The highest BCUT2D eigenvalue weighted by atomic mass is 35.5. The Morgan fingerprint density at radius 2 is 1.68 bits per heavy atom. The largest absolute Gasteiger partial charge is 0.460 e. The highest BCUT2D eigenvalue weighted by molar-refractivity contribution is 6.54. The van der Waals surface area contributed by atoms with Gasteiger partial charge in [0, 0.05) is 41.9 Å². The number of anilines is 1. The number of nitrogens with two attached hydrogens (primary N) is 1. The zero-order valence-corrected chi connectivity index (χ0v) is 28.1. The van der Waals surface area contributed by atoms with Crippen molar-refractivity contribution in [3.63, 3.8) is 0 Å². The molecule has 0 unspecified atom stereocenters. The van der Waals surface area contributed by atoms with Crippen LogP contribution in [-0.4, -0.2) is 52.0 Å². The molecule has 0 fully saturated rings. The van der Waals surface area contributed by atoms with E-state index in [2.05, 4.69) is 10.5 Å². The van der Waals surface area contributed by atoms with Crippen LogP contribution in [-0.2, 0) is 19.1 Å². The molecule has 9 nitrogen and oxygen atoms in total. The van der Waals surface area contributed by atoms with Gasteiger partial charge in [0.25, 0.3) is 5.91 Å². The summed E-state index contributed by atoms with van der Waals surface area (Å²) < 4.78 is 10.9. The Morgan fingerprint density at radius 3 is 2.27 bits per heavy atom. The molecular weight excluding hydrogens is 650 g/mol. The third-order valence-corrected chi connectivity index (χ3v) is 7.56. The van der Waals surface area contributed by atoms with E-state index in [1.165, 1.54) is 4.90 Å². The van der Waals surface area contributed by atoms with Gasteiger partial charge in [-0.25, -0.2) is 0 Å². The molecule has 2 aromatic carbocycles. The first-order valence-corrected chi connectivity index (χ1v) is 15.6. The molecule has 238 valence electrons. The monoisotopic (exact) mass is 684 g/mol. The number of halogens is 4. The molecule has 13 heteroatoms. The lowest BCUT2D eigenvalue weighted by molar-refractivity contribution is -0.155. The number of carbonyl (C=O) groups is 3. The topological polar surface area (TPSA) is 128 Å². The minimum atomic E-state index is -1.36. The number of amides is 2. The Kier molecular flexibility index (Phi) is 12.5. The van der Waals surface area contributed by atoms with Crippen LogP contribution in [0.25, 0.3) is 22.6 Å². The minimum Gasteiger partial charge on any atom is -0.460 e. The van der Waals surface area contributed by atoms with Crippen LogP contribution in [0.5, 0.6) is 0 Å². The zero-order valence-electron chi connectivity index (χ0n) is 25.1. The second-order valence-electron chi connectivity index (χ2n) is 11.6. The Labute approximate surface area is 277 Å². The van der Waals surface area contributed by atoms with E-state index in [4.69, 9.17) is 61.4 Å². The van der Waals surface area contributed by atoms with Crippen molar-refractivity contribution < 1.29 is 23.6 Å². The standard InChI is InChI=1S/C31H36Cl4N4O5/c1-17(2)24(37-29(41)22(36)12-13-26(40)43-31(3,4)5)16-39(30(42)28(34)35)19-9-6-8-18(14-19)25-15-23(38-44-25)27-20(32)10-7-11-21(27)33/h6-11,14-15,17,22,24,28H,12-13,16,36H2,1-5H3,(H,37,41)/t22-,24+/m0/s1. The summed E-state index contributed by atoms with van der Waals surface area (Å²) in [5.41, 5.74) is 7.51. The van der Waals surface area contributed by atoms with Crippen LogP contribution >= 0.6 is 46.4 Å². The van der Waals surface area contributed by atoms with Gasteiger partial charge >= 0.3 is 5.97 Å². The second-order valence-corrected chi connectivity index (χ2v) is 13.5. The number of benzene rings is 2. The van der Waals surface area contributed by atoms with Crippen LogP contribution in [0, 0.1) is 5.92 Å². The van der Waals surface area contributed by atoms with E-state index >= 15 is 0 Å². The molecule has 0 spiro atoms. The van der Waals surface area contributed by atoms with Gasteiger partial charge in [0.2, 0.25) is 5.91 Å². The van der Waals surface area contributed by atoms with Crippen LogP contribution in [0.4, 0.5) is 5.69 Å². The molecule has 0 aliphatic heterocycles. The Balaban J connectivity index is 1.82. The fraction of sp³-hybridized carbons (Fsp3) is 0.419. The van der Waals surface area contributed by atoms with Gasteiger partial charge < -0.3 is 25.2 Å². The van der Waals surface area contributed by atoms with Crippen molar-refractivity contribution in [1.29, 1.82) is 0 Å². The molecule has 3 N–H and O–H groups in total. The Hall–Kier alpha value is -2.82. The summed E-state index contributed by atoms with van der Waals surface area (Å²) in [6, 6.07) is 12.3. The number of nitrogens with zero attached hydrogens (tertiary/aromatic N) is 2. The molecule has 0 radical (unpaired) electrons. The number of hydrogen-bond donors (Lipinski definition) is 2. The van der Waals surface area contributed by atoms with Crippen LogP contribution in [0.1, 0.15) is 47.5 Å². The van der Waals surface area contributed by atoms with Gasteiger partial charge in [-0.3, -0.25) is 14.4 Å². The molecule has 0 saturated carbocycles. The fourth-order valence-electron chi connectivity index (χ4n) is 4.25. The molecule has 2 atom stereocenters. The number of aromatic nitrogens is 1. The van der Waals surface area contributed by atoms with E-state index < -0.39 is 40.3 Å². The number of hydrogen-bond acceptors (Lipinski definition) is 7. The predicted molar refractivity (Wildman–Crippen MR) is 175 cm³/mol. The van der Waals surface area contributed by atoms with Crippen molar-refractivity contribution >= 4 is 69.9 Å². The van der Waals surface area contributed by atoms with Gasteiger partial charge in [-0.05, 0) is 57.4 Å². The highest BCUT2D eigenvalue weighted by Gasteiger charge is 2.29. The summed E-state index contributed by atoms with van der Waals surface area (Å²) in [4.78, 5) is 38.4. The summed E-state index contributed by atoms with van der Waals surface area (Å²) in [5, 5.41) is 7.88. The van der Waals surface area contributed by atoms with Crippen molar-refractivity contribution in [1.82, 2.24) is 10.5 Å². The number of alkyl halides is 2. The van der Waals surface area contributed by atoms with Gasteiger partial charge in [0.05, 0.1) is 16.1 Å². The highest BCUT2D eigenvalue weighted by Crippen LogP contribution is 2.36. The molecule has 0 saturated heterocycles. The lowest BCUT2D eigenvalue weighted by Crippen LogP contribution is -2.53. The maximum absolute atomic E-state index is 13.2. The molecular formula is C31H36Cl4N4O5. The second kappa shape index (κ2) is 15.5. The summed E-state index contributed by atoms with van der Waals surface area (Å²) in [7, 11) is 0. The van der Waals surface area contributed by atoms with Crippen molar-refractivity contribution in [2.75, 3.05) is 11.4 Å². The Bertz CT molecular complexity index is 1450. The van der Waals surface area contributed by atoms with Crippen LogP contribution in [0.2, 0.25) is 10.0 Å². The van der Waals surface area contributed by atoms with Crippen LogP contribution in [0.3, 0.4) is 0 Å². The van der Waals surface area contributed by atoms with E-state index in [1.807, 2.05) is 13.8 Å². The first kappa shape index (κ1) is 35.7. The van der Waals surface area contributed by atoms with E-state index in [9.17, 15) is 14.4 Å². The molecule has 44 heavy (non-hydrogen) atoms. The molecule has 3 rings (SSSR count). The molecule has 1 heterocycles. The average molecular weight is 686 g/mol. The smallest absolute Gasteiger partial charge is 0.306 e. The maximum Gasteiger partial charge on any atom is 0.306 e. The van der Waals surface area contributed by atoms with Gasteiger partial charge in [-0.15, -0.1) is 0 Å². The van der Waals surface area contributed by atoms with Crippen molar-refractivity contribution in [2.24, 2.45) is 11.7 Å². The van der Waals surface area contributed by atoms with E-state index in [-0.39, 0.29) is 25.3 Å². The van der Waals surface area contributed by atoms with Crippen molar-refractivity contribution in [2.45, 2.75) is 70.0 Å². The first-order valence-electron chi connectivity index (χ1n) is 14.0. The SMILES string of the molecule is CC(C)[C@@H](CN(C(=O)C(Cl)Cl)c1cccc(-c2cc(-c3c(Cl)cccc3Cl)no2)c1)NC(=O)[C@@H](N)CCC(=O)OC(C)(C)C. The Morgan fingerprint density at radius 1 is 1.05 bits per heavy atom. The third kappa shape index (κ3) is 9.84. The van der Waals surface area contributed by atoms with Gasteiger partial charge in [-0.1, -0.05) is 83.6 Å². The molecule has 1 aromatic heterocycles. The lowest BCUT2D eigenvalue weighted by atomic mass is 10.0. The van der Waals surface area contributed by atoms with Gasteiger partial charge in [0.15, 0.2) is 10.6 Å². The number of esters is 1. The molecule has 0 aliphatic rings. The molecule has 2 amide bonds. The van der Waals surface area contributed by atoms with E-state index in [0.29, 0.717) is 38.3 Å². The summed E-state index contributed by atoms with van der Waals surface area (Å²) >= 11 is 24.8. The van der Waals surface area contributed by atoms with Gasteiger partial charge in [0.1, 0.15) is 11.3 Å². The summed E-state index contributed by atoms with van der Waals surface area (Å²) in [6.07, 6.45) is 0.0854. The van der Waals surface area contributed by atoms with Crippen LogP contribution < -0.4 is 16.0 Å². The predicted octanol–water partition coefficient (Wildman–Crippen LogP) is 7.04. The number of carbonyl (C=O) groups excluding carboxylic acids is 3. The first-order chi connectivity index (χ1) is 20.6. The van der Waals surface area contributed by atoms with Crippen LogP contribution in [0.15, 0.2) is 53.1 Å². The van der Waals surface area contributed by atoms with E-state index in [0.717, 1.165) is 0 Å². The minimum absolute atomic E-state index is 0.0121. The molecule has 0 aliphatic carbocycles. The lowest BCUT2D eigenvalue weighted by Gasteiger charge is -2.31. The summed E-state index contributed by atoms with van der Waals surface area (Å²) in [5.74, 6) is -1.20. The fourth-order valence-corrected chi connectivity index (χ4v) is 5.07. The summed E-state index contributed by atoms with van der Waals surface area (Å²) in [6.45, 7) is 9.12. The van der Waals surface area contributed by atoms with Crippen molar-refractivity contribution in [3.8, 4) is 22.6 Å². The van der Waals surface area contributed by atoms with Gasteiger partial charge in [-0.2, -0.15) is 0 Å². The maximum atomic E-state index is 13.2. The zero-order chi connectivity index (χ0) is 32.8. The molecule has 0 bridgehead atoms. The average Bonchev–Trinajstić information content (AvgIpc) is 3.42. The number of rotatable bonds is 12. The number of ether oxygens (including phenoxy) is 1. The van der Waals surface area contributed by atoms with E-state index in [1.54, 1.807) is 69.3 Å². The van der Waals surface area contributed by atoms with Crippen molar-refractivity contribution in [3.05, 3.63) is 58.6 Å².